The summed E-state index contributed by atoms with van der Waals surface area (Å²) >= 11 is 1.87. The lowest BCUT2D eigenvalue weighted by Gasteiger charge is -2.30. The summed E-state index contributed by atoms with van der Waals surface area (Å²) in [5, 5.41) is 4.72. The molecule has 16 heavy (non-hydrogen) atoms. The van der Waals surface area contributed by atoms with Gasteiger partial charge in [0.1, 0.15) is 0 Å². The topological polar surface area (TPSA) is 33.6 Å². The van der Waals surface area contributed by atoms with Gasteiger partial charge in [0.2, 0.25) is 0 Å². The Morgan fingerprint density at radius 2 is 2.19 bits per heavy atom. The summed E-state index contributed by atoms with van der Waals surface area (Å²) in [5.74, 6) is 2.68. The summed E-state index contributed by atoms with van der Waals surface area (Å²) in [6.07, 6.45) is 2.37. The van der Waals surface area contributed by atoms with Crippen LogP contribution in [0.1, 0.15) is 26.7 Å². The first-order chi connectivity index (χ1) is 7.75. The van der Waals surface area contributed by atoms with Crippen molar-refractivity contribution in [1.82, 2.24) is 5.32 Å². The van der Waals surface area contributed by atoms with Crippen molar-refractivity contribution >= 4 is 16.9 Å². The van der Waals surface area contributed by atoms with Crippen LogP contribution < -0.4 is 5.32 Å². The summed E-state index contributed by atoms with van der Waals surface area (Å²) < 4.78 is 5.39. The maximum absolute atomic E-state index is 5.39. The van der Waals surface area contributed by atoms with E-state index >= 15 is 0 Å². The Balaban J connectivity index is 1.79. The Bertz CT molecular complexity index is 251. The lowest BCUT2D eigenvalue weighted by molar-refractivity contribution is 0.0583. The minimum absolute atomic E-state index is 0.531. The predicted octanol–water partition coefficient (Wildman–Crippen LogP) is 2.13. The molecule has 1 saturated heterocycles. The van der Waals surface area contributed by atoms with E-state index in [1.807, 2.05) is 11.8 Å². The van der Waals surface area contributed by atoms with Gasteiger partial charge in [0.05, 0.1) is 0 Å². The van der Waals surface area contributed by atoms with Gasteiger partial charge in [-0.15, -0.1) is 0 Å². The molecule has 0 aromatic heterocycles. The molecule has 0 aliphatic carbocycles. The van der Waals surface area contributed by atoms with E-state index in [0.717, 1.165) is 36.8 Å². The molecule has 0 aromatic rings. The maximum atomic E-state index is 5.39. The van der Waals surface area contributed by atoms with Gasteiger partial charge in [0, 0.05) is 31.6 Å². The second-order valence-electron chi connectivity index (χ2n) is 4.94. The van der Waals surface area contributed by atoms with E-state index in [-0.39, 0.29) is 0 Å². The SMILES string of the molecule is CC1CN=C(NC(C)C2CCOCC2)SC1. The molecule has 2 aliphatic heterocycles. The summed E-state index contributed by atoms with van der Waals surface area (Å²) in [6, 6.07) is 0.531. The Hall–Kier alpha value is -0.220. The van der Waals surface area contributed by atoms with Crippen LogP contribution in [0.25, 0.3) is 0 Å². The first-order valence-electron chi connectivity index (χ1n) is 6.27. The van der Waals surface area contributed by atoms with Crippen molar-refractivity contribution in [1.29, 1.82) is 0 Å². The molecule has 0 bridgehead atoms. The van der Waals surface area contributed by atoms with Crippen LogP contribution in [0.5, 0.6) is 0 Å². The Morgan fingerprint density at radius 1 is 1.44 bits per heavy atom. The van der Waals surface area contributed by atoms with Crippen molar-refractivity contribution in [3.63, 3.8) is 0 Å². The van der Waals surface area contributed by atoms with Crippen LogP contribution in [0.3, 0.4) is 0 Å². The van der Waals surface area contributed by atoms with Crippen LogP contribution in [0.4, 0.5) is 0 Å². The lowest BCUT2D eigenvalue weighted by atomic mass is 9.93. The van der Waals surface area contributed by atoms with Crippen molar-refractivity contribution in [2.24, 2.45) is 16.8 Å². The van der Waals surface area contributed by atoms with Crippen LogP contribution in [0.2, 0.25) is 0 Å². The van der Waals surface area contributed by atoms with Gasteiger partial charge in [-0.3, -0.25) is 4.99 Å². The molecule has 2 aliphatic rings. The standard InChI is InChI=1S/C12H22N2OS/c1-9-7-13-12(16-8-9)14-10(2)11-3-5-15-6-4-11/h9-11H,3-8H2,1-2H3,(H,13,14). The Kier molecular flexibility index (Phi) is 4.53. The van der Waals surface area contributed by atoms with Gasteiger partial charge in [0.25, 0.3) is 0 Å². The molecule has 2 atom stereocenters. The highest BCUT2D eigenvalue weighted by atomic mass is 32.2. The quantitative estimate of drug-likeness (QED) is 0.805. The van der Waals surface area contributed by atoms with Gasteiger partial charge >= 0.3 is 0 Å². The third-order valence-electron chi connectivity index (χ3n) is 3.38. The number of nitrogens with zero attached hydrogens (tertiary/aromatic N) is 1. The number of thioether (sulfide) groups is 1. The molecule has 92 valence electrons. The molecule has 2 heterocycles. The fourth-order valence-electron chi connectivity index (χ4n) is 2.17. The van der Waals surface area contributed by atoms with Gasteiger partial charge < -0.3 is 10.1 Å². The molecule has 4 heteroatoms. The van der Waals surface area contributed by atoms with E-state index in [9.17, 15) is 0 Å². The maximum Gasteiger partial charge on any atom is 0.156 e. The van der Waals surface area contributed by atoms with Gasteiger partial charge in [-0.05, 0) is 31.6 Å². The Morgan fingerprint density at radius 3 is 2.81 bits per heavy atom. The average molecular weight is 242 g/mol. The summed E-state index contributed by atoms with van der Waals surface area (Å²) in [6.45, 7) is 7.36. The second kappa shape index (κ2) is 5.92. The van der Waals surface area contributed by atoms with Crippen LogP contribution in [-0.4, -0.2) is 36.7 Å². The van der Waals surface area contributed by atoms with E-state index in [0.29, 0.717) is 6.04 Å². The zero-order chi connectivity index (χ0) is 11.4. The highest BCUT2D eigenvalue weighted by molar-refractivity contribution is 8.13. The summed E-state index contributed by atoms with van der Waals surface area (Å²) in [4.78, 5) is 4.58. The molecule has 1 fully saturated rings. The van der Waals surface area contributed by atoms with Gasteiger partial charge in [-0.2, -0.15) is 0 Å². The third-order valence-corrected chi connectivity index (χ3v) is 4.63. The fourth-order valence-corrected chi connectivity index (χ4v) is 3.16. The van der Waals surface area contributed by atoms with E-state index in [1.165, 1.54) is 18.6 Å². The molecule has 0 spiro atoms. The van der Waals surface area contributed by atoms with E-state index in [2.05, 4.69) is 24.2 Å². The molecule has 0 amide bonds. The van der Waals surface area contributed by atoms with Gasteiger partial charge in [0.15, 0.2) is 5.17 Å². The smallest absolute Gasteiger partial charge is 0.156 e. The molecular formula is C12H22N2OS. The molecule has 2 rings (SSSR count). The molecule has 0 aromatic carbocycles. The van der Waals surface area contributed by atoms with E-state index in [4.69, 9.17) is 4.74 Å². The summed E-state index contributed by atoms with van der Waals surface area (Å²) in [7, 11) is 0. The Labute approximate surface area is 102 Å². The number of hydrogen-bond acceptors (Lipinski definition) is 4. The lowest BCUT2D eigenvalue weighted by Crippen LogP contribution is -2.40. The van der Waals surface area contributed by atoms with Crippen molar-refractivity contribution < 1.29 is 4.74 Å². The predicted molar refractivity (Wildman–Crippen MR) is 70.1 cm³/mol. The number of ether oxygens (including phenoxy) is 1. The zero-order valence-electron chi connectivity index (χ0n) is 10.2. The van der Waals surface area contributed by atoms with Crippen LogP contribution in [0, 0.1) is 11.8 Å². The monoisotopic (exact) mass is 242 g/mol. The van der Waals surface area contributed by atoms with Gasteiger partial charge in [-0.1, -0.05) is 18.7 Å². The number of hydrogen-bond donors (Lipinski definition) is 1. The zero-order valence-corrected chi connectivity index (χ0v) is 11.1. The van der Waals surface area contributed by atoms with E-state index in [1.54, 1.807) is 0 Å². The van der Waals surface area contributed by atoms with E-state index < -0.39 is 0 Å². The van der Waals surface area contributed by atoms with Crippen molar-refractivity contribution in [3.8, 4) is 0 Å². The molecule has 2 unspecified atom stereocenters. The third kappa shape index (κ3) is 3.39. The highest BCUT2D eigenvalue weighted by Crippen LogP contribution is 2.21. The minimum Gasteiger partial charge on any atom is -0.381 e. The minimum atomic E-state index is 0.531. The summed E-state index contributed by atoms with van der Waals surface area (Å²) in [5.41, 5.74) is 0. The van der Waals surface area contributed by atoms with Crippen LogP contribution in [-0.2, 0) is 4.74 Å². The fraction of sp³-hybridized carbons (Fsp3) is 0.917. The van der Waals surface area contributed by atoms with Gasteiger partial charge in [-0.25, -0.2) is 0 Å². The highest BCUT2D eigenvalue weighted by Gasteiger charge is 2.22. The average Bonchev–Trinajstić information content (AvgIpc) is 2.33. The molecule has 0 saturated carbocycles. The molecule has 1 N–H and O–H groups in total. The van der Waals surface area contributed by atoms with Crippen molar-refractivity contribution in [2.45, 2.75) is 32.7 Å². The molecule has 3 nitrogen and oxygen atoms in total. The van der Waals surface area contributed by atoms with Crippen LogP contribution in [0.15, 0.2) is 4.99 Å². The number of aliphatic imine (C=N–C) groups is 1. The number of rotatable bonds is 2. The number of nitrogens with one attached hydrogen (secondary N) is 1. The van der Waals surface area contributed by atoms with Crippen LogP contribution >= 0.6 is 11.8 Å². The largest absolute Gasteiger partial charge is 0.381 e. The normalized spacial score (nSPS) is 29.6. The molecule has 0 radical (unpaired) electrons. The first-order valence-corrected chi connectivity index (χ1v) is 7.26. The molecular weight excluding hydrogens is 220 g/mol. The number of amidine groups is 1. The first kappa shape index (κ1) is 12.2. The van der Waals surface area contributed by atoms with Crippen molar-refractivity contribution in [2.75, 3.05) is 25.5 Å². The second-order valence-corrected chi connectivity index (χ2v) is 5.95. The van der Waals surface area contributed by atoms with Crippen molar-refractivity contribution in [3.05, 3.63) is 0 Å².